The van der Waals surface area contributed by atoms with Crippen molar-refractivity contribution in [2.45, 2.75) is 19.4 Å². The first-order valence-corrected chi connectivity index (χ1v) is 6.90. The van der Waals surface area contributed by atoms with Crippen LogP contribution in [0.3, 0.4) is 0 Å². The molecule has 0 saturated heterocycles. The number of rotatable bonds is 5. The molecular weight excluding hydrogens is 266 g/mol. The van der Waals surface area contributed by atoms with Crippen molar-refractivity contribution in [2.24, 2.45) is 5.73 Å². The monoisotopic (exact) mass is 285 g/mol. The van der Waals surface area contributed by atoms with Gasteiger partial charge in [0.05, 0.1) is 6.61 Å². The van der Waals surface area contributed by atoms with Gasteiger partial charge < -0.3 is 15.6 Å². The molecule has 2 aromatic rings. The number of benzene rings is 2. The average molecular weight is 285 g/mol. The summed E-state index contributed by atoms with van der Waals surface area (Å²) in [4.78, 5) is 11.6. The topological polar surface area (TPSA) is 72.5 Å². The number of hydrogen-bond acceptors (Lipinski definition) is 4. The fourth-order valence-electron chi connectivity index (χ4n) is 2.12. The molecule has 0 aliphatic rings. The van der Waals surface area contributed by atoms with Gasteiger partial charge in [-0.1, -0.05) is 36.4 Å². The van der Waals surface area contributed by atoms with E-state index in [1.807, 2.05) is 36.4 Å². The molecule has 0 saturated carbocycles. The minimum absolute atomic E-state index is 0.235. The van der Waals surface area contributed by atoms with Crippen molar-refractivity contribution in [3.8, 4) is 16.9 Å². The van der Waals surface area contributed by atoms with Gasteiger partial charge in [0.1, 0.15) is 11.8 Å². The molecule has 2 rings (SSSR count). The van der Waals surface area contributed by atoms with Crippen LogP contribution in [0.15, 0.2) is 48.5 Å². The van der Waals surface area contributed by atoms with Crippen molar-refractivity contribution >= 4 is 5.97 Å². The lowest BCUT2D eigenvalue weighted by molar-refractivity contribution is -0.144. The van der Waals surface area contributed by atoms with Gasteiger partial charge in [-0.2, -0.15) is 0 Å². The highest BCUT2D eigenvalue weighted by molar-refractivity contribution is 5.76. The van der Waals surface area contributed by atoms with Crippen molar-refractivity contribution in [1.29, 1.82) is 0 Å². The summed E-state index contributed by atoms with van der Waals surface area (Å²) in [5.41, 5.74) is 8.83. The highest BCUT2D eigenvalue weighted by Crippen LogP contribution is 2.23. The maximum Gasteiger partial charge on any atom is 0.323 e. The maximum absolute atomic E-state index is 11.6. The van der Waals surface area contributed by atoms with E-state index in [0.29, 0.717) is 13.0 Å². The molecule has 1 unspecified atom stereocenters. The third kappa shape index (κ3) is 4.07. The van der Waals surface area contributed by atoms with E-state index < -0.39 is 6.04 Å². The Bertz CT molecular complexity index is 608. The average Bonchev–Trinajstić information content (AvgIpc) is 2.48. The zero-order valence-electron chi connectivity index (χ0n) is 12.0. The third-order valence-corrected chi connectivity index (χ3v) is 3.17. The second-order valence-corrected chi connectivity index (χ2v) is 4.81. The first kappa shape index (κ1) is 15.1. The lowest BCUT2D eigenvalue weighted by Gasteiger charge is -2.11. The number of phenolic OH excluding ortho intramolecular Hbond substituents is 1. The molecule has 21 heavy (non-hydrogen) atoms. The van der Waals surface area contributed by atoms with E-state index in [4.69, 9.17) is 10.5 Å². The Morgan fingerprint density at radius 1 is 1.19 bits per heavy atom. The van der Waals surface area contributed by atoms with Crippen molar-refractivity contribution in [2.75, 3.05) is 6.61 Å². The summed E-state index contributed by atoms with van der Waals surface area (Å²) in [6, 6.07) is 14.2. The molecule has 0 aliphatic carbocycles. The van der Waals surface area contributed by atoms with Crippen LogP contribution < -0.4 is 5.73 Å². The fraction of sp³-hybridized carbons (Fsp3) is 0.235. The smallest absolute Gasteiger partial charge is 0.323 e. The number of carbonyl (C=O) groups excluding carboxylic acids is 1. The number of nitrogens with two attached hydrogens (primary N) is 1. The Balaban J connectivity index is 2.14. The summed E-state index contributed by atoms with van der Waals surface area (Å²) in [6.07, 6.45) is 0.435. The second kappa shape index (κ2) is 6.90. The highest BCUT2D eigenvalue weighted by atomic mass is 16.5. The first-order valence-electron chi connectivity index (χ1n) is 6.90. The number of hydrogen-bond donors (Lipinski definition) is 2. The maximum atomic E-state index is 11.6. The van der Waals surface area contributed by atoms with Crippen LogP contribution in [-0.2, 0) is 16.0 Å². The van der Waals surface area contributed by atoms with E-state index in [0.717, 1.165) is 16.7 Å². The van der Waals surface area contributed by atoms with Crippen LogP contribution in [0.2, 0.25) is 0 Å². The fourth-order valence-corrected chi connectivity index (χ4v) is 2.12. The zero-order chi connectivity index (χ0) is 15.2. The Morgan fingerprint density at radius 2 is 1.90 bits per heavy atom. The lowest BCUT2D eigenvalue weighted by atomic mass is 9.99. The molecule has 0 fully saturated rings. The van der Waals surface area contributed by atoms with E-state index in [-0.39, 0.29) is 11.7 Å². The highest BCUT2D eigenvalue weighted by Gasteiger charge is 2.15. The van der Waals surface area contributed by atoms with Crippen LogP contribution in [0, 0.1) is 0 Å². The van der Waals surface area contributed by atoms with Gasteiger partial charge in [-0.25, -0.2) is 0 Å². The summed E-state index contributed by atoms with van der Waals surface area (Å²) in [5, 5.41) is 9.32. The normalized spacial score (nSPS) is 11.9. The van der Waals surface area contributed by atoms with Gasteiger partial charge in [-0.05, 0) is 42.2 Å². The van der Waals surface area contributed by atoms with Crippen molar-refractivity contribution in [1.82, 2.24) is 0 Å². The molecule has 0 amide bonds. The molecule has 0 bridgehead atoms. The Morgan fingerprint density at radius 3 is 2.57 bits per heavy atom. The van der Waals surface area contributed by atoms with E-state index in [1.54, 1.807) is 19.1 Å². The molecule has 4 heteroatoms. The minimum Gasteiger partial charge on any atom is -0.508 e. The molecule has 110 valence electrons. The van der Waals surface area contributed by atoms with Gasteiger partial charge in [0, 0.05) is 0 Å². The van der Waals surface area contributed by atoms with E-state index in [1.165, 1.54) is 0 Å². The summed E-state index contributed by atoms with van der Waals surface area (Å²) < 4.78 is 4.91. The Labute approximate surface area is 124 Å². The minimum atomic E-state index is -0.653. The number of phenols is 1. The number of ether oxygens (including phenoxy) is 1. The predicted octanol–water partition coefficient (Wildman–Crippen LogP) is 2.49. The van der Waals surface area contributed by atoms with Gasteiger partial charge in [0.2, 0.25) is 0 Å². The molecule has 3 N–H and O–H groups in total. The van der Waals surface area contributed by atoms with Crippen molar-refractivity contribution < 1.29 is 14.6 Å². The summed E-state index contributed by atoms with van der Waals surface area (Å²) in [5.74, 6) is -0.147. The standard InChI is InChI=1S/C17H19NO3/c1-2-21-17(20)16(18)11-12-4-3-5-14(10-12)13-6-8-15(19)9-7-13/h3-10,16,19H,2,11,18H2,1H3. The predicted molar refractivity (Wildman–Crippen MR) is 81.9 cm³/mol. The molecule has 0 radical (unpaired) electrons. The van der Waals surface area contributed by atoms with Gasteiger partial charge in [0.25, 0.3) is 0 Å². The summed E-state index contributed by atoms with van der Waals surface area (Å²) in [6.45, 7) is 2.09. The molecule has 0 spiro atoms. The SMILES string of the molecule is CCOC(=O)C(N)Cc1cccc(-c2ccc(O)cc2)c1. The molecule has 0 aromatic heterocycles. The summed E-state index contributed by atoms with van der Waals surface area (Å²) >= 11 is 0. The van der Waals surface area contributed by atoms with E-state index in [2.05, 4.69) is 0 Å². The van der Waals surface area contributed by atoms with Crippen LogP contribution >= 0.6 is 0 Å². The molecule has 0 aliphatic heterocycles. The largest absolute Gasteiger partial charge is 0.508 e. The first-order chi connectivity index (χ1) is 10.1. The van der Waals surface area contributed by atoms with Crippen molar-refractivity contribution in [3.05, 3.63) is 54.1 Å². The molecule has 4 nitrogen and oxygen atoms in total. The van der Waals surface area contributed by atoms with Crippen LogP contribution in [0.25, 0.3) is 11.1 Å². The van der Waals surface area contributed by atoms with Gasteiger partial charge in [-0.3, -0.25) is 4.79 Å². The van der Waals surface area contributed by atoms with E-state index >= 15 is 0 Å². The quantitative estimate of drug-likeness (QED) is 0.828. The number of esters is 1. The van der Waals surface area contributed by atoms with Crippen LogP contribution in [-0.4, -0.2) is 23.7 Å². The molecule has 2 aromatic carbocycles. The lowest BCUT2D eigenvalue weighted by Crippen LogP contribution is -2.34. The number of aromatic hydroxyl groups is 1. The van der Waals surface area contributed by atoms with Gasteiger partial charge in [0.15, 0.2) is 0 Å². The molecule has 0 heterocycles. The third-order valence-electron chi connectivity index (χ3n) is 3.17. The van der Waals surface area contributed by atoms with Gasteiger partial charge >= 0.3 is 5.97 Å². The molecule has 1 atom stereocenters. The van der Waals surface area contributed by atoms with Crippen LogP contribution in [0.4, 0.5) is 0 Å². The molecular formula is C17H19NO3. The van der Waals surface area contributed by atoms with Gasteiger partial charge in [-0.15, -0.1) is 0 Å². The van der Waals surface area contributed by atoms with Crippen LogP contribution in [0.5, 0.6) is 5.75 Å². The number of carbonyl (C=O) groups is 1. The Hall–Kier alpha value is -2.33. The van der Waals surface area contributed by atoms with Crippen LogP contribution in [0.1, 0.15) is 12.5 Å². The van der Waals surface area contributed by atoms with E-state index in [9.17, 15) is 9.90 Å². The second-order valence-electron chi connectivity index (χ2n) is 4.81. The Kier molecular flexibility index (Phi) is 4.95. The summed E-state index contributed by atoms with van der Waals surface area (Å²) in [7, 11) is 0. The zero-order valence-corrected chi connectivity index (χ0v) is 12.0. The van der Waals surface area contributed by atoms with Crippen molar-refractivity contribution in [3.63, 3.8) is 0 Å².